The zero-order chi connectivity index (χ0) is 2.71. The van der Waals surface area contributed by atoms with E-state index < -0.39 is 0 Å². The van der Waals surface area contributed by atoms with E-state index in [1.54, 1.807) is 0 Å². The molecule has 0 atom stereocenters. The Kier molecular flexibility index (Phi) is 5140. The van der Waals surface area contributed by atoms with Gasteiger partial charge in [0.05, 0.1) is 0 Å². The van der Waals surface area contributed by atoms with Crippen molar-refractivity contribution in [2.45, 2.75) is 0 Å². The van der Waals surface area contributed by atoms with Gasteiger partial charge in [0.2, 0.25) is 0 Å². The first-order valence-corrected chi connectivity index (χ1v) is 0.894. The standard InChI is InChI=1S/CHNS.3Na.9H2O.3H/c2-1-3;;;;;;;;;;;;;;;/h3H;;;;9*1H2;;;/q;3*+1;;;;;;;;;;3*-1. The van der Waals surface area contributed by atoms with Gasteiger partial charge in [-0.2, -0.15) is 5.26 Å². The third kappa shape index (κ3) is 562. The van der Waals surface area contributed by atoms with Crippen molar-refractivity contribution in [2.24, 2.45) is 0 Å². The summed E-state index contributed by atoms with van der Waals surface area (Å²) in [5.74, 6) is 0. The van der Waals surface area contributed by atoms with Crippen molar-refractivity contribution < 1.29 is 142 Å². The molecule has 0 heterocycles. The molecule has 94 valence electrons. The first-order chi connectivity index (χ1) is 1.41. The minimum atomic E-state index is 0. The molecule has 0 aliphatic rings. The van der Waals surface area contributed by atoms with Crippen LogP contribution in [0.5, 0.6) is 0 Å². The summed E-state index contributed by atoms with van der Waals surface area (Å²) < 4.78 is 0. The molecular formula is CH22NNa3O9S. The molecule has 0 aromatic heterocycles. The summed E-state index contributed by atoms with van der Waals surface area (Å²) >= 11 is 3.09. The second-order valence-electron chi connectivity index (χ2n) is 0.100. The van der Waals surface area contributed by atoms with E-state index in [-0.39, 0.29) is 142 Å². The van der Waals surface area contributed by atoms with Crippen LogP contribution in [0.15, 0.2) is 0 Å². The van der Waals surface area contributed by atoms with Gasteiger partial charge in [-0.25, -0.2) is 0 Å². The van der Waals surface area contributed by atoms with Gasteiger partial charge in [-0.05, 0) is 0 Å². The van der Waals surface area contributed by atoms with Gasteiger partial charge in [-0.3, -0.25) is 0 Å². The maximum absolute atomic E-state index is 7.18. The largest absolute Gasteiger partial charge is 1.00 e. The average Bonchev–Trinajstić information content (AvgIpc) is 0.918. The van der Waals surface area contributed by atoms with Gasteiger partial charge in [0.15, 0.2) is 0 Å². The fraction of sp³-hybridized carbons (Fsp3) is 0. The third-order valence-corrected chi connectivity index (χ3v) is 0. The molecule has 0 saturated heterocycles. The first kappa shape index (κ1) is 237. The van der Waals surface area contributed by atoms with Crippen LogP contribution in [0.4, 0.5) is 0 Å². The summed E-state index contributed by atoms with van der Waals surface area (Å²) in [7, 11) is 0. The van der Waals surface area contributed by atoms with Gasteiger partial charge in [0.1, 0.15) is 5.40 Å². The van der Waals surface area contributed by atoms with Gasteiger partial charge < -0.3 is 53.6 Å². The molecule has 10 nitrogen and oxygen atoms in total. The monoisotopic (exact) mass is 293 g/mol. The van der Waals surface area contributed by atoms with Gasteiger partial charge in [0, 0.05) is 0 Å². The van der Waals surface area contributed by atoms with E-state index in [0.29, 0.717) is 0 Å². The normalized spacial score (nSPS) is 0.533. The topological polar surface area (TPSA) is 307 Å². The van der Waals surface area contributed by atoms with E-state index >= 15 is 0 Å². The van der Waals surface area contributed by atoms with Crippen LogP contribution in [0.3, 0.4) is 0 Å². The minimum Gasteiger partial charge on any atom is -1.00 e. The first-order valence-electron chi connectivity index (χ1n) is 0.447. The van der Waals surface area contributed by atoms with Crippen LogP contribution in [0.25, 0.3) is 0 Å². The molecule has 0 aliphatic heterocycles. The predicted octanol–water partition coefficient (Wildman–Crippen LogP) is -15.7. The molecule has 14 heteroatoms. The second kappa shape index (κ2) is 326. The van der Waals surface area contributed by atoms with E-state index in [1.807, 2.05) is 0 Å². The molecule has 0 aliphatic carbocycles. The molecule has 0 amide bonds. The Morgan fingerprint density at radius 2 is 0.600 bits per heavy atom. The number of thiol groups is 1. The Bertz CT molecular complexity index is 58.5. The third-order valence-electron chi connectivity index (χ3n) is 0. The molecule has 15 heavy (non-hydrogen) atoms. The van der Waals surface area contributed by atoms with E-state index in [1.165, 1.54) is 5.40 Å². The van der Waals surface area contributed by atoms with Crippen molar-refractivity contribution in [1.29, 1.82) is 5.26 Å². The van der Waals surface area contributed by atoms with E-state index in [0.717, 1.165) is 0 Å². The van der Waals surface area contributed by atoms with Crippen LogP contribution in [-0.4, -0.2) is 49.3 Å². The number of thiocyanates is 1. The van der Waals surface area contributed by atoms with Crippen LogP contribution >= 0.6 is 12.6 Å². The summed E-state index contributed by atoms with van der Waals surface area (Å²) in [6.45, 7) is 0. The molecule has 0 aromatic carbocycles. The summed E-state index contributed by atoms with van der Waals surface area (Å²) in [5, 5.41) is 8.63. The molecule has 0 rings (SSSR count). The Hall–Kier alpha value is 2.48. The number of nitrogens with zero attached hydrogens (tertiary/aromatic N) is 1. The summed E-state index contributed by atoms with van der Waals surface area (Å²) in [4.78, 5) is 0. The Balaban J connectivity index is -0.000000000190. The van der Waals surface area contributed by atoms with Crippen LogP contribution in [0.1, 0.15) is 4.28 Å². The van der Waals surface area contributed by atoms with Crippen LogP contribution in [0.2, 0.25) is 0 Å². The van der Waals surface area contributed by atoms with Crippen molar-refractivity contribution in [2.75, 3.05) is 0 Å². The summed E-state index contributed by atoms with van der Waals surface area (Å²) in [6, 6.07) is 0. The molecule has 0 bridgehead atoms. The maximum Gasteiger partial charge on any atom is 1.00 e. The van der Waals surface area contributed by atoms with E-state index in [4.69, 9.17) is 5.26 Å². The molecule has 0 saturated carbocycles. The molecule has 0 unspecified atom stereocenters. The van der Waals surface area contributed by atoms with Crippen molar-refractivity contribution in [3.8, 4) is 5.40 Å². The number of hydrogen-bond acceptors (Lipinski definition) is 2. The van der Waals surface area contributed by atoms with Crippen molar-refractivity contribution >= 4 is 12.6 Å². The Labute approximate surface area is 163 Å². The number of rotatable bonds is 0. The van der Waals surface area contributed by atoms with Gasteiger partial charge in [-0.1, -0.05) is 12.6 Å². The fourth-order valence-electron chi connectivity index (χ4n) is 0. The zero-order valence-electron chi connectivity index (χ0n) is 11.9. The van der Waals surface area contributed by atoms with Crippen molar-refractivity contribution in [1.82, 2.24) is 0 Å². The molecule has 0 aromatic rings. The fourth-order valence-corrected chi connectivity index (χ4v) is 0. The van der Waals surface area contributed by atoms with Gasteiger partial charge >= 0.3 is 88.7 Å². The molecule has 18 N–H and O–H groups in total. The number of hydrogen-bond donors (Lipinski definition) is 1. The zero-order valence-corrected chi connectivity index (χ0v) is 15.8. The van der Waals surface area contributed by atoms with Crippen molar-refractivity contribution in [3.63, 3.8) is 0 Å². The Morgan fingerprint density at radius 3 is 0.600 bits per heavy atom. The second-order valence-corrected chi connectivity index (χ2v) is 0.300. The molecular weight excluding hydrogens is 271 g/mol. The Morgan fingerprint density at radius 1 is 0.600 bits per heavy atom. The maximum atomic E-state index is 7.18. The van der Waals surface area contributed by atoms with Crippen LogP contribution in [0, 0.1) is 10.7 Å². The number of nitriles is 1. The minimum absolute atomic E-state index is 0. The van der Waals surface area contributed by atoms with Gasteiger partial charge in [-0.15, -0.1) is 0 Å². The summed E-state index contributed by atoms with van der Waals surface area (Å²) in [6.07, 6.45) is 0. The van der Waals surface area contributed by atoms with Crippen LogP contribution < -0.4 is 88.7 Å². The smallest absolute Gasteiger partial charge is 1.00 e. The van der Waals surface area contributed by atoms with Crippen molar-refractivity contribution in [3.05, 3.63) is 0 Å². The molecule has 0 spiro atoms. The van der Waals surface area contributed by atoms with E-state index in [2.05, 4.69) is 12.6 Å². The SMILES string of the molecule is N#CS.O.O.O.O.O.O.O.O.O.[H-].[H-].[H-].[Na+].[Na+].[Na+]. The predicted molar refractivity (Wildman–Crippen MR) is 50.5 cm³/mol. The molecule has 0 fully saturated rings. The van der Waals surface area contributed by atoms with Gasteiger partial charge in [0.25, 0.3) is 0 Å². The average molecular weight is 293 g/mol. The van der Waals surface area contributed by atoms with E-state index in [9.17, 15) is 0 Å². The quantitative estimate of drug-likeness (QED) is 0.253. The summed E-state index contributed by atoms with van der Waals surface area (Å²) in [5.41, 5.74) is 0. The van der Waals surface area contributed by atoms with Crippen LogP contribution in [-0.2, 0) is 0 Å². The molecule has 0 radical (unpaired) electrons.